The molecule has 0 aliphatic heterocycles. The first kappa shape index (κ1) is 17.7. The largest absolute Gasteiger partial charge is 0.496 e. The van der Waals surface area contributed by atoms with E-state index in [9.17, 15) is 9.59 Å². The van der Waals surface area contributed by atoms with Gasteiger partial charge in [-0.3, -0.25) is 4.79 Å². The second-order valence-corrected chi connectivity index (χ2v) is 6.45. The summed E-state index contributed by atoms with van der Waals surface area (Å²) in [5.41, 5.74) is 2.80. The Morgan fingerprint density at radius 3 is 2.58 bits per heavy atom. The van der Waals surface area contributed by atoms with Crippen molar-refractivity contribution < 1.29 is 13.9 Å². The third kappa shape index (κ3) is 3.20. The molecule has 0 aliphatic carbocycles. The van der Waals surface area contributed by atoms with Crippen molar-refractivity contribution in [2.75, 3.05) is 12.4 Å². The Bertz CT molecular complexity index is 1030. The molecule has 0 aliphatic rings. The highest BCUT2D eigenvalue weighted by Crippen LogP contribution is 2.29. The molecule has 3 rings (SSSR count). The predicted octanol–water partition coefficient (Wildman–Crippen LogP) is 4.49. The molecule has 1 N–H and O–H groups in total. The summed E-state index contributed by atoms with van der Waals surface area (Å²) in [6.45, 7) is 5.82. The lowest BCUT2D eigenvalue weighted by molar-refractivity contribution is 0.102. The van der Waals surface area contributed by atoms with Gasteiger partial charge in [-0.05, 0) is 48.7 Å². The summed E-state index contributed by atoms with van der Waals surface area (Å²) in [6, 6.07) is 12.3. The number of methoxy groups -OCH3 is 1. The van der Waals surface area contributed by atoms with Crippen LogP contribution < -0.4 is 15.7 Å². The van der Waals surface area contributed by atoms with Crippen molar-refractivity contribution in [3.8, 4) is 5.75 Å². The molecule has 1 amide bonds. The topological polar surface area (TPSA) is 68.5 Å². The van der Waals surface area contributed by atoms with E-state index in [0.29, 0.717) is 28.1 Å². The Labute approximate surface area is 151 Å². The molecule has 0 atom stereocenters. The van der Waals surface area contributed by atoms with E-state index >= 15 is 0 Å². The maximum absolute atomic E-state index is 12.6. The fourth-order valence-electron chi connectivity index (χ4n) is 3.17. The van der Waals surface area contributed by atoms with Crippen LogP contribution in [-0.2, 0) is 0 Å². The van der Waals surface area contributed by atoms with E-state index in [4.69, 9.17) is 9.15 Å². The summed E-state index contributed by atoms with van der Waals surface area (Å²) in [4.78, 5) is 24.6. The number of nitrogens with one attached hydrogen (secondary N) is 1. The monoisotopic (exact) mass is 351 g/mol. The number of hydrogen-bond acceptors (Lipinski definition) is 4. The predicted molar refractivity (Wildman–Crippen MR) is 102 cm³/mol. The van der Waals surface area contributed by atoms with Gasteiger partial charge in [-0.15, -0.1) is 0 Å². The lowest BCUT2D eigenvalue weighted by Crippen LogP contribution is -2.13. The summed E-state index contributed by atoms with van der Waals surface area (Å²) in [7, 11) is 1.53. The molecule has 0 spiro atoms. The molecule has 5 nitrogen and oxygen atoms in total. The van der Waals surface area contributed by atoms with E-state index in [2.05, 4.69) is 5.32 Å². The van der Waals surface area contributed by atoms with Gasteiger partial charge in [0.15, 0.2) is 0 Å². The van der Waals surface area contributed by atoms with Crippen LogP contribution >= 0.6 is 0 Å². The summed E-state index contributed by atoms with van der Waals surface area (Å²) in [6.07, 6.45) is 0. The van der Waals surface area contributed by atoms with Crippen LogP contribution in [0.4, 0.5) is 5.69 Å². The normalized spacial score (nSPS) is 11.0. The van der Waals surface area contributed by atoms with Crippen LogP contribution in [0.1, 0.15) is 41.3 Å². The summed E-state index contributed by atoms with van der Waals surface area (Å²) < 4.78 is 10.6. The highest BCUT2D eigenvalue weighted by atomic mass is 16.5. The zero-order valence-corrected chi connectivity index (χ0v) is 15.3. The smallest absolute Gasteiger partial charge is 0.339 e. The Balaban J connectivity index is 2.04. The van der Waals surface area contributed by atoms with E-state index in [1.165, 1.54) is 7.11 Å². The van der Waals surface area contributed by atoms with Crippen molar-refractivity contribution in [1.29, 1.82) is 0 Å². The van der Waals surface area contributed by atoms with Gasteiger partial charge in [0.05, 0.1) is 12.7 Å². The molecule has 0 fully saturated rings. The minimum absolute atomic E-state index is 0.154. The number of anilines is 1. The fourth-order valence-corrected chi connectivity index (χ4v) is 3.17. The van der Waals surface area contributed by atoms with Crippen molar-refractivity contribution in [3.63, 3.8) is 0 Å². The molecular formula is C21H21NO4. The number of benzene rings is 2. The standard InChI is InChI=1S/C21H21NO4/c1-12(2)19-13(3)21(24)26-18-10-9-14(11-16(18)19)22-20(23)15-7-5-6-8-17(15)25-4/h5-12H,1-4H3,(H,22,23). The van der Waals surface area contributed by atoms with Crippen molar-refractivity contribution >= 4 is 22.6 Å². The molecule has 5 heteroatoms. The van der Waals surface area contributed by atoms with Gasteiger partial charge in [-0.25, -0.2) is 4.79 Å². The molecule has 1 aromatic heterocycles. The van der Waals surface area contributed by atoms with Crippen molar-refractivity contribution in [1.82, 2.24) is 0 Å². The van der Waals surface area contributed by atoms with Crippen molar-refractivity contribution in [3.05, 3.63) is 69.6 Å². The minimum Gasteiger partial charge on any atom is -0.496 e. The number of fused-ring (bicyclic) bond motifs is 1. The maximum atomic E-state index is 12.6. The average molecular weight is 351 g/mol. The Morgan fingerprint density at radius 1 is 1.15 bits per heavy atom. The molecule has 1 heterocycles. The summed E-state index contributed by atoms with van der Waals surface area (Å²) >= 11 is 0. The van der Waals surface area contributed by atoms with Gasteiger partial charge in [0.1, 0.15) is 11.3 Å². The van der Waals surface area contributed by atoms with E-state index < -0.39 is 0 Å². The van der Waals surface area contributed by atoms with E-state index in [-0.39, 0.29) is 17.5 Å². The third-order valence-corrected chi connectivity index (χ3v) is 4.37. The lowest BCUT2D eigenvalue weighted by Gasteiger charge is -2.14. The van der Waals surface area contributed by atoms with E-state index in [0.717, 1.165) is 10.9 Å². The molecule has 0 radical (unpaired) electrons. The van der Waals surface area contributed by atoms with Crippen LogP contribution in [-0.4, -0.2) is 13.0 Å². The van der Waals surface area contributed by atoms with Gasteiger partial charge in [-0.1, -0.05) is 26.0 Å². The van der Waals surface area contributed by atoms with Crippen LogP contribution in [0.2, 0.25) is 0 Å². The number of para-hydroxylation sites is 1. The molecular weight excluding hydrogens is 330 g/mol. The average Bonchev–Trinajstić information content (AvgIpc) is 2.62. The molecule has 0 saturated carbocycles. The molecule has 0 unspecified atom stereocenters. The molecule has 3 aromatic rings. The third-order valence-electron chi connectivity index (χ3n) is 4.37. The second-order valence-electron chi connectivity index (χ2n) is 6.45. The van der Waals surface area contributed by atoms with Gasteiger partial charge in [0, 0.05) is 16.6 Å². The second kappa shape index (κ2) is 7.04. The van der Waals surface area contributed by atoms with Crippen LogP contribution in [0.15, 0.2) is 51.7 Å². The van der Waals surface area contributed by atoms with Crippen LogP contribution in [0.3, 0.4) is 0 Å². The van der Waals surface area contributed by atoms with E-state index in [1.807, 2.05) is 26.0 Å². The SMILES string of the molecule is COc1ccccc1C(=O)Nc1ccc2oc(=O)c(C)c(C(C)C)c2c1. The maximum Gasteiger partial charge on any atom is 0.339 e. The van der Waals surface area contributed by atoms with Gasteiger partial charge in [-0.2, -0.15) is 0 Å². The first-order chi connectivity index (χ1) is 12.4. The zero-order chi connectivity index (χ0) is 18.8. The molecule has 0 bridgehead atoms. The Kier molecular flexibility index (Phi) is 4.80. The highest BCUT2D eigenvalue weighted by Gasteiger charge is 2.16. The number of carbonyl (C=O) groups excluding carboxylic acids is 1. The number of amides is 1. The molecule has 134 valence electrons. The summed E-state index contributed by atoms with van der Waals surface area (Å²) in [5, 5.41) is 3.72. The quantitative estimate of drug-likeness (QED) is 0.703. The Morgan fingerprint density at radius 2 is 1.88 bits per heavy atom. The first-order valence-electron chi connectivity index (χ1n) is 8.44. The number of rotatable bonds is 4. The number of hydrogen-bond donors (Lipinski definition) is 1. The molecule has 0 saturated heterocycles. The van der Waals surface area contributed by atoms with Gasteiger partial charge in [0.25, 0.3) is 5.91 Å². The van der Waals surface area contributed by atoms with Crippen molar-refractivity contribution in [2.45, 2.75) is 26.7 Å². The Hall–Kier alpha value is -3.08. The van der Waals surface area contributed by atoms with Gasteiger partial charge < -0.3 is 14.5 Å². The van der Waals surface area contributed by atoms with Gasteiger partial charge in [0.2, 0.25) is 0 Å². The lowest BCUT2D eigenvalue weighted by atomic mass is 9.95. The van der Waals surface area contributed by atoms with Crippen LogP contribution in [0, 0.1) is 6.92 Å². The fraction of sp³-hybridized carbons (Fsp3) is 0.238. The molecule has 2 aromatic carbocycles. The molecule has 26 heavy (non-hydrogen) atoms. The highest BCUT2D eigenvalue weighted by molar-refractivity contribution is 6.07. The van der Waals surface area contributed by atoms with Gasteiger partial charge >= 0.3 is 5.63 Å². The minimum atomic E-state index is -0.327. The van der Waals surface area contributed by atoms with Crippen molar-refractivity contribution in [2.24, 2.45) is 0 Å². The van der Waals surface area contributed by atoms with Crippen LogP contribution in [0.25, 0.3) is 11.0 Å². The number of carbonyl (C=O) groups is 1. The zero-order valence-electron chi connectivity index (χ0n) is 15.3. The summed E-state index contributed by atoms with van der Waals surface area (Å²) in [5.74, 6) is 0.402. The number of ether oxygens (including phenoxy) is 1. The first-order valence-corrected chi connectivity index (χ1v) is 8.44. The van der Waals surface area contributed by atoms with Crippen LogP contribution in [0.5, 0.6) is 5.75 Å². The van der Waals surface area contributed by atoms with E-state index in [1.54, 1.807) is 37.3 Å².